The molecule has 1 aromatic rings. The summed E-state index contributed by atoms with van der Waals surface area (Å²) in [5.41, 5.74) is 2.46. The molecule has 0 saturated carbocycles. The van der Waals surface area contributed by atoms with E-state index in [1.165, 1.54) is 11.1 Å². The Kier molecular flexibility index (Phi) is 4.84. The van der Waals surface area contributed by atoms with Gasteiger partial charge in [0.1, 0.15) is 0 Å². The maximum absolute atomic E-state index is 10.2. The molecule has 0 fully saturated rings. The van der Waals surface area contributed by atoms with E-state index in [2.05, 4.69) is 19.1 Å². The molecule has 0 bridgehead atoms. The van der Waals surface area contributed by atoms with Gasteiger partial charge < -0.3 is 9.84 Å². The van der Waals surface area contributed by atoms with Crippen LogP contribution >= 0.6 is 0 Å². The summed E-state index contributed by atoms with van der Waals surface area (Å²) >= 11 is 0. The first-order valence-electron chi connectivity index (χ1n) is 5.03. The van der Waals surface area contributed by atoms with Crippen LogP contribution in [0.15, 0.2) is 24.3 Å². The lowest BCUT2D eigenvalue weighted by molar-refractivity contribution is -0.138. The van der Waals surface area contributed by atoms with Gasteiger partial charge in [0.25, 0.3) is 0 Å². The van der Waals surface area contributed by atoms with Gasteiger partial charge in [0.2, 0.25) is 0 Å². The fourth-order valence-electron chi connectivity index (χ4n) is 1.32. The van der Waals surface area contributed by atoms with Crippen LogP contribution in [-0.2, 0) is 16.0 Å². The average Bonchev–Trinajstić information content (AvgIpc) is 2.17. The minimum Gasteiger partial charge on any atom is -0.481 e. The molecule has 0 aromatic heterocycles. The van der Waals surface area contributed by atoms with Crippen molar-refractivity contribution in [1.29, 1.82) is 0 Å². The molecule has 0 aliphatic carbocycles. The van der Waals surface area contributed by atoms with E-state index in [1.807, 2.05) is 12.1 Å². The Morgan fingerprint density at radius 3 is 2.87 bits per heavy atom. The van der Waals surface area contributed by atoms with Crippen molar-refractivity contribution in [2.45, 2.75) is 19.8 Å². The SMILES string of the molecule is Cc1cccc(CCOCCC(=O)O)c1. The summed E-state index contributed by atoms with van der Waals surface area (Å²) in [7, 11) is 0. The van der Waals surface area contributed by atoms with Gasteiger partial charge >= 0.3 is 5.97 Å². The quantitative estimate of drug-likeness (QED) is 0.727. The van der Waals surface area contributed by atoms with Crippen LogP contribution in [0.25, 0.3) is 0 Å². The lowest BCUT2D eigenvalue weighted by Gasteiger charge is -2.03. The van der Waals surface area contributed by atoms with Crippen LogP contribution in [0.2, 0.25) is 0 Å². The second kappa shape index (κ2) is 6.19. The van der Waals surface area contributed by atoms with Gasteiger partial charge in [-0.2, -0.15) is 0 Å². The number of rotatable bonds is 6. The predicted octanol–water partition coefficient (Wildman–Crippen LogP) is 2.03. The maximum atomic E-state index is 10.2. The van der Waals surface area contributed by atoms with Crippen LogP contribution in [-0.4, -0.2) is 24.3 Å². The average molecular weight is 208 g/mol. The van der Waals surface area contributed by atoms with E-state index < -0.39 is 5.97 Å². The molecule has 82 valence electrons. The second-order valence-corrected chi connectivity index (χ2v) is 3.50. The standard InChI is InChI=1S/C12H16O3/c1-10-3-2-4-11(9-10)5-7-15-8-6-12(13)14/h2-4,9H,5-8H2,1H3,(H,13,14). The molecular weight excluding hydrogens is 192 g/mol. The van der Waals surface area contributed by atoms with Crippen molar-refractivity contribution in [2.24, 2.45) is 0 Å². The van der Waals surface area contributed by atoms with Crippen LogP contribution in [0.1, 0.15) is 17.5 Å². The van der Waals surface area contributed by atoms with Gasteiger partial charge in [0.05, 0.1) is 19.6 Å². The highest BCUT2D eigenvalue weighted by Crippen LogP contribution is 2.04. The van der Waals surface area contributed by atoms with Gasteiger partial charge in [-0.1, -0.05) is 29.8 Å². The number of carboxylic acid groups (broad SMARTS) is 1. The Labute approximate surface area is 89.7 Å². The van der Waals surface area contributed by atoms with E-state index >= 15 is 0 Å². The maximum Gasteiger partial charge on any atom is 0.305 e. The van der Waals surface area contributed by atoms with Crippen LogP contribution < -0.4 is 0 Å². The van der Waals surface area contributed by atoms with Gasteiger partial charge in [-0.3, -0.25) is 4.79 Å². The number of benzene rings is 1. The molecule has 1 rings (SSSR count). The molecular formula is C12H16O3. The molecule has 0 aliphatic rings. The summed E-state index contributed by atoms with van der Waals surface area (Å²) in [6, 6.07) is 8.23. The number of ether oxygens (including phenoxy) is 1. The summed E-state index contributed by atoms with van der Waals surface area (Å²) in [5, 5.41) is 8.39. The highest BCUT2D eigenvalue weighted by Gasteiger charge is 1.97. The third-order valence-corrected chi connectivity index (χ3v) is 2.08. The largest absolute Gasteiger partial charge is 0.481 e. The molecule has 1 aromatic carbocycles. The first-order chi connectivity index (χ1) is 7.18. The molecule has 0 saturated heterocycles. The van der Waals surface area contributed by atoms with E-state index in [4.69, 9.17) is 9.84 Å². The lowest BCUT2D eigenvalue weighted by Crippen LogP contribution is -2.05. The monoisotopic (exact) mass is 208 g/mol. The first-order valence-corrected chi connectivity index (χ1v) is 5.03. The van der Waals surface area contributed by atoms with Gasteiger partial charge in [-0.25, -0.2) is 0 Å². The highest BCUT2D eigenvalue weighted by molar-refractivity contribution is 5.66. The van der Waals surface area contributed by atoms with E-state index in [1.54, 1.807) is 0 Å². The van der Waals surface area contributed by atoms with Crippen LogP contribution in [0.5, 0.6) is 0 Å². The van der Waals surface area contributed by atoms with Crippen molar-refractivity contribution in [1.82, 2.24) is 0 Å². The molecule has 0 spiro atoms. The third kappa shape index (κ3) is 5.18. The van der Waals surface area contributed by atoms with Crippen LogP contribution in [0.4, 0.5) is 0 Å². The molecule has 15 heavy (non-hydrogen) atoms. The zero-order valence-corrected chi connectivity index (χ0v) is 8.90. The fraction of sp³-hybridized carbons (Fsp3) is 0.417. The topological polar surface area (TPSA) is 46.5 Å². The number of aliphatic carboxylic acids is 1. The van der Waals surface area contributed by atoms with Crippen molar-refractivity contribution in [3.05, 3.63) is 35.4 Å². The van der Waals surface area contributed by atoms with Gasteiger partial charge in [-0.05, 0) is 18.9 Å². The summed E-state index contributed by atoms with van der Waals surface area (Å²) in [6.45, 7) is 2.92. The molecule has 0 aliphatic heterocycles. The molecule has 0 unspecified atom stereocenters. The van der Waals surface area contributed by atoms with Gasteiger partial charge in [-0.15, -0.1) is 0 Å². The molecule has 0 heterocycles. The van der Waals surface area contributed by atoms with Crippen molar-refractivity contribution in [2.75, 3.05) is 13.2 Å². The Balaban J connectivity index is 2.17. The Morgan fingerprint density at radius 1 is 1.40 bits per heavy atom. The van der Waals surface area contributed by atoms with Gasteiger partial charge in [0, 0.05) is 0 Å². The van der Waals surface area contributed by atoms with Crippen LogP contribution in [0.3, 0.4) is 0 Å². The van der Waals surface area contributed by atoms with E-state index in [0.717, 1.165) is 6.42 Å². The zero-order chi connectivity index (χ0) is 11.1. The lowest BCUT2D eigenvalue weighted by atomic mass is 10.1. The zero-order valence-electron chi connectivity index (χ0n) is 8.90. The molecule has 0 atom stereocenters. The number of hydrogen-bond donors (Lipinski definition) is 1. The third-order valence-electron chi connectivity index (χ3n) is 2.08. The Morgan fingerprint density at radius 2 is 2.20 bits per heavy atom. The Hall–Kier alpha value is -1.35. The molecule has 3 nitrogen and oxygen atoms in total. The number of aryl methyl sites for hydroxylation is 1. The van der Waals surface area contributed by atoms with E-state index in [0.29, 0.717) is 13.2 Å². The number of hydrogen-bond acceptors (Lipinski definition) is 2. The molecule has 1 N–H and O–H groups in total. The van der Waals surface area contributed by atoms with E-state index in [9.17, 15) is 4.79 Å². The van der Waals surface area contributed by atoms with Crippen LogP contribution in [0, 0.1) is 6.92 Å². The smallest absolute Gasteiger partial charge is 0.305 e. The Bertz CT molecular complexity index is 320. The number of carboxylic acids is 1. The van der Waals surface area contributed by atoms with E-state index in [-0.39, 0.29) is 6.42 Å². The van der Waals surface area contributed by atoms with Crippen molar-refractivity contribution >= 4 is 5.97 Å². The summed E-state index contributed by atoms with van der Waals surface area (Å²) < 4.78 is 5.21. The fourth-order valence-corrected chi connectivity index (χ4v) is 1.32. The van der Waals surface area contributed by atoms with Gasteiger partial charge in [0.15, 0.2) is 0 Å². The summed E-state index contributed by atoms with van der Waals surface area (Å²) in [5.74, 6) is -0.814. The molecule has 0 amide bonds. The molecule has 3 heteroatoms. The predicted molar refractivity (Wildman–Crippen MR) is 58.0 cm³/mol. The minimum absolute atomic E-state index is 0.0772. The summed E-state index contributed by atoms with van der Waals surface area (Å²) in [6.07, 6.45) is 0.912. The summed E-state index contributed by atoms with van der Waals surface area (Å²) in [4.78, 5) is 10.2. The second-order valence-electron chi connectivity index (χ2n) is 3.50. The van der Waals surface area contributed by atoms with Crippen molar-refractivity contribution in [3.63, 3.8) is 0 Å². The highest BCUT2D eigenvalue weighted by atomic mass is 16.5. The van der Waals surface area contributed by atoms with Crippen molar-refractivity contribution in [3.8, 4) is 0 Å². The minimum atomic E-state index is -0.814. The normalized spacial score (nSPS) is 10.2. The molecule has 0 radical (unpaired) electrons. The van der Waals surface area contributed by atoms with Crippen molar-refractivity contribution < 1.29 is 14.6 Å². The first kappa shape index (κ1) is 11.7. The number of carbonyl (C=O) groups is 1.